The molecule has 2 aliphatic rings. The lowest BCUT2D eigenvalue weighted by molar-refractivity contribution is 0.119. The van der Waals surface area contributed by atoms with Gasteiger partial charge >= 0.3 is 0 Å². The van der Waals surface area contributed by atoms with Crippen molar-refractivity contribution in [2.75, 3.05) is 26.7 Å². The molecular formula is C18H35IN4. The number of allylic oxidation sites excluding steroid dienone is 1. The lowest BCUT2D eigenvalue weighted by Crippen LogP contribution is -2.51. The molecule has 0 spiro atoms. The molecule has 1 saturated carbocycles. The number of hydrogen-bond acceptors (Lipinski definition) is 2. The number of aliphatic imine (C=N–C) groups is 1. The Morgan fingerprint density at radius 1 is 1.13 bits per heavy atom. The third-order valence-corrected chi connectivity index (χ3v) is 5.02. The molecule has 0 bridgehead atoms. The van der Waals surface area contributed by atoms with Crippen molar-refractivity contribution in [1.82, 2.24) is 15.5 Å². The lowest BCUT2D eigenvalue weighted by Gasteiger charge is -2.39. The Bertz CT molecular complexity index is 356. The first-order valence-corrected chi connectivity index (χ1v) is 9.16. The van der Waals surface area contributed by atoms with E-state index in [0.29, 0.717) is 6.04 Å². The van der Waals surface area contributed by atoms with Crippen LogP contribution in [0.3, 0.4) is 0 Å². The molecule has 0 aromatic rings. The van der Waals surface area contributed by atoms with Gasteiger partial charge in [0.15, 0.2) is 5.96 Å². The highest BCUT2D eigenvalue weighted by molar-refractivity contribution is 14.0. The van der Waals surface area contributed by atoms with E-state index in [1.807, 2.05) is 7.05 Å². The van der Waals surface area contributed by atoms with Crippen LogP contribution in [0.5, 0.6) is 0 Å². The second-order valence-corrected chi connectivity index (χ2v) is 6.60. The second kappa shape index (κ2) is 12.1. The van der Waals surface area contributed by atoms with Crippen LogP contribution in [-0.2, 0) is 0 Å². The van der Waals surface area contributed by atoms with Crippen molar-refractivity contribution in [3.8, 4) is 0 Å². The van der Waals surface area contributed by atoms with Gasteiger partial charge in [0.1, 0.15) is 0 Å². The van der Waals surface area contributed by atoms with Crippen LogP contribution in [0.2, 0.25) is 0 Å². The Labute approximate surface area is 159 Å². The average molecular weight is 434 g/mol. The number of piperidine rings is 1. The average Bonchev–Trinajstić information content (AvgIpc) is 2.59. The molecule has 0 aromatic heterocycles. The lowest BCUT2D eigenvalue weighted by atomic mass is 9.92. The van der Waals surface area contributed by atoms with Crippen molar-refractivity contribution in [1.29, 1.82) is 0 Å². The molecule has 2 fully saturated rings. The molecule has 1 heterocycles. The summed E-state index contributed by atoms with van der Waals surface area (Å²) in [6.07, 6.45) is 15.0. The minimum absolute atomic E-state index is 0. The Hall–Kier alpha value is -0.300. The predicted molar refractivity (Wildman–Crippen MR) is 111 cm³/mol. The van der Waals surface area contributed by atoms with Crippen molar-refractivity contribution < 1.29 is 0 Å². The fourth-order valence-corrected chi connectivity index (χ4v) is 3.68. The molecule has 23 heavy (non-hydrogen) atoms. The third kappa shape index (κ3) is 7.42. The summed E-state index contributed by atoms with van der Waals surface area (Å²) in [7, 11) is 1.86. The van der Waals surface area contributed by atoms with Gasteiger partial charge < -0.3 is 15.5 Å². The van der Waals surface area contributed by atoms with Crippen molar-refractivity contribution in [2.45, 2.75) is 70.4 Å². The molecule has 5 heteroatoms. The summed E-state index contributed by atoms with van der Waals surface area (Å²) in [5.41, 5.74) is 0. The van der Waals surface area contributed by atoms with Crippen LogP contribution in [-0.4, -0.2) is 49.6 Å². The van der Waals surface area contributed by atoms with E-state index in [4.69, 9.17) is 0 Å². The number of hydrogen-bond donors (Lipinski definition) is 2. The SMILES string of the molecule is C/C=C/CCNC(=NC)NC1CCN(C2CCCCC2)CC1.I. The number of rotatable bonds is 5. The van der Waals surface area contributed by atoms with Crippen molar-refractivity contribution >= 4 is 29.9 Å². The van der Waals surface area contributed by atoms with E-state index in [1.165, 1.54) is 58.0 Å². The molecule has 1 aliphatic heterocycles. The largest absolute Gasteiger partial charge is 0.356 e. The van der Waals surface area contributed by atoms with Gasteiger partial charge in [0.05, 0.1) is 0 Å². The van der Waals surface area contributed by atoms with Crippen molar-refractivity contribution in [2.24, 2.45) is 4.99 Å². The standard InChI is InChI=1S/C18H34N4.HI/c1-3-4-8-13-20-18(19-2)21-16-11-14-22(15-12-16)17-9-6-5-7-10-17;/h3-4,16-17H,5-15H2,1-2H3,(H2,19,20,21);1H/b4-3+;. The van der Waals surface area contributed by atoms with Gasteiger partial charge in [-0.25, -0.2) is 0 Å². The zero-order valence-electron chi connectivity index (χ0n) is 14.9. The minimum Gasteiger partial charge on any atom is -0.356 e. The molecule has 2 N–H and O–H groups in total. The Balaban J connectivity index is 0.00000264. The third-order valence-electron chi connectivity index (χ3n) is 5.02. The summed E-state index contributed by atoms with van der Waals surface area (Å²) in [6, 6.07) is 1.45. The summed E-state index contributed by atoms with van der Waals surface area (Å²) >= 11 is 0. The van der Waals surface area contributed by atoms with Gasteiger partial charge in [-0.3, -0.25) is 4.99 Å². The summed E-state index contributed by atoms with van der Waals surface area (Å²) in [5.74, 6) is 0.959. The minimum atomic E-state index is 0. The van der Waals surface area contributed by atoms with Crippen molar-refractivity contribution in [3.05, 3.63) is 12.2 Å². The molecule has 4 nitrogen and oxygen atoms in total. The maximum atomic E-state index is 4.35. The maximum absolute atomic E-state index is 4.35. The fraction of sp³-hybridized carbons (Fsp3) is 0.833. The van der Waals surface area contributed by atoms with Crippen LogP contribution < -0.4 is 10.6 Å². The highest BCUT2D eigenvalue weighted by atomic mass is 127. The molecule has 0 atom stereocenters. The molecule has 0 amide bonds. The topological polar surface area (TPSA) is 39.7 Å². The first-order valence-electron chi connectivity index (χ1n) is 9.16. The van der Waals surface area contributed by atoms with Gasteiger partial charge in [0.25, 0.3) is 0 Å². The molecule has 0 radical (unpaired) electrons. The molecular weight excluding hydrogens is 399 g/mol. The van der Waals surface area contributed by atoms with Gasteiger partial charge in [-0.1, -0.05) is 31.4 Å². The Kier molecular flexibility index (Phi) is 10.9. The highest BCUT2D eigenvalue weighted by Gasteiger charge is 2.26. The zero-order valence-corrected chi connectivity index (χ0v) is 17.2. The second-order valence-electron chi connectivity index (χ2n) is 6.60. The van der Waals surface area contributed by atoms with E-state index in [2.05, 4.69) is 39.6 Å². The van der Waals surface area contributed by atoms with E-state index < -0.39 is 0 Å². The Morgan fingerprint density at radius 2 is 1.83 bits per heavy atom. The quantitative estimate of drug-likeness (QED) is 0.229. The molecule has 0 unspecified atom stereocenters. The molecule has 2 rings (SSSR count). The number of likely N-dealkylation sites (tertiary alicyclic amines) is 1. The maximum Gasteiger partial charge on any atom is 0.191 e. The number of guanidine groups is 1. The number of nitrogens with zero attached hydrogens (tertiary/aromatic N) is 2. The molecule has 1 aliphatic carbocycles. The fourth-order valence-electron chi connectivity index (χ4n) is 3.68. The summed E-state index contributed by atoms with van der Waals surface area (Å²) in [5, 5.41) is 6.99. The molecule has 1 saturated heterocycles. The van der Waals surface area contributed by atoms with Crippen molar-refractivity contribution in [3.63, 3.8) is 0 Å². The first kappa shape index (κ1) is 20.7. The highest BCUT2D eigenvalue weighted by Crippen LogP contribution is 2.25. The van der Waals surface area contributed by atoms with Crippen LogP contribution in [0.15, 0.2) is 17.1 Å². The summed E-state index contributed by atoms with van der Waals surface area (Å²) in [6.45, 7) is 5.51. The van der Waals surface area contributed by atoms with Crippen LogP contribution in [0.1, 0.15) is 58.3 Å². The first-order chi connectivity index (χ1) is 10.8. The van der Waals surface area contributed by atoms with Crippen LogP contribution in [0, 0.1) is 0 Å². The number of halogens is 1. The van der Waals surface area contributed by atoms with Crippen LogP contribution in [0.4, 0.5) is 0 Å². The Morgan fingerprint density at radius 3 is 2.43 bits per heavy atom. The normalized spacial score (nSPS) is 22.1. The monoisotopic (exact) mass is 434 g/mol. The van der Waals surface area contributed by atoms with E-state index in [9.17, 15) is 0 Å². The van der Waals surface area contributed by atoms with E-state index in [1.54, 1.807) is 0 Å². The van der Waals surface area contributed by atoms with Gasteiger partial charge in [-0.05, 0) is 39.0 Å². The van der Waals surface area contributed by atoms with Gasteiger partial charge in [-0.2, -0.15) is 0 Å². The summed E-state index contributed by atoms with van der Waals surface area (Å²) in [4.78, 5) is 7.08. The van der Waals surface area contributed by atoms with E-state index >= 15 is 0 Å². The predicted octanol–water partition coefficient (Wildman–Crippen LogP) is 3.53. The molecule has 134 valence electrons. The zero-order chi connectivity index (χ0) is 15.6. The number of nitrogens with one attached hydrogen (secondary N) is 2. The van der Waals surface area contributed by atoms with E-state index in [-0.39, 0.29) is 24.0 Å². The van der Waals surface area contributed by atoms with Gasteiger partial charge in [0, 0.05) is 38.8 Å². The van der Waals surface area contributed by atoms with Crippen LogP contribution >= 0.6 is 24.0 Å². The van der Waals surface area contributed by atoms with Crippen LogP contribution in [0.25, 0.3) is 0 Å². The summed E-state index contributed by atoms with van der Waals surface area (Å²) < 4.78 is 0. The van der Waals surface area contributed by atoms with E-state index in [0.717, 1.165) is 25.0 Å². The molecule has 0 aromatic carbocycles. The van der Waals surface area contributed by atoms with Gasteiger partial charge in [0.2, 0.25) is 0 Å². The smallest absolute Gasteiger partial charge is 0.191 e. The van der Waals surface area contributed by atoms with Gasteiger partial charge in [-0.15, -0.1) is 24.0 Å².